The first kappa shape index (κ1) is 8.80. The average Bonchev–Trinajstić information content (AvgIpc) is 2.17. The van der Waals surface area contributed by atoms with Crippen molar-refractivity contribution in [3.05, 3.63) is 36.0 Å². The molecule has 0 fully saturated rings. The topological polar surface area (TPSA) is 0 Å². The van der Waals surface area contributed by atoms with Crippen LogP contribution < -0.4 is 0 Å². The summed E-state index contributed by atoms with van der Waals surface area (Å²) < 4.78 is 0. The Bertz CT molecular complexity index is 266. The smallest absolute Gasteiger partial charge is 0.0122 e. The minimum Gasteiger partial charge on any atom is -0.0839 e. The van der Waals surface area contributed by atoms with E-state index in [1.807, 2.05) is 0 Å². The maximum absolute atomic E-state index is 2.40. The zero-order valence-corrected chi connectivity index (χ0v) is 8.53. The molecule has 0 amide bonds. The van der Waals surface area contributed by atoms with E-state index in [4.69, 9.17) is 0 Å². The van der Waals surface area contributed by atoms with Crippen molar-refractivity contribution in [3.63, 3.8) is 0 Å². The maximum Gasteiger partial charge on any atom is -0.0122 e. The number of fused-ring (bicyclic) bond motifs is 1. The van der Waals surface area contributed by atoms with Crippen molar-refractivity contribution in [2.24, 2.45) is 17.8 Å². The second-order valence-corrected chi connectivity index (χ2v) is 4.53. The second kappa shape index (κ2) is 3.53. The summed E-state index contributed by atoms with van der Waals surface area (Å²) in [5.74, 6) is 2.40. The predicted molar refractivity (Wildman–Crippen MR) is 57.4 cm³/mol. The highest BCUT2D eigenvalue weighted by Crippen LogP contribution is 2.35. The van der Waals surface area contributed by atoms with Gasteiger partial charge < -0.3 is 0 Å². The summed E-state index contributed by atoms with van der Waals surface area (Å²) in [4.78, 5) is 0. The summed E-state index contributed by atoms with van der Waals surface area (Å²) in [6.07, 6.45) is 14.1. The van der Waals surface area contributed by atoms with Crippen LogP contribution in [0.2, 0.25) is 0 Å². The highest BCUT2D eigenvalue weighted by Gasteiger charge is 2.23. The van der Waals surface area contributed by atoms with Crippen molar-refractivity contribution in [1.29, 1.82) is 0 Å². The van der Waals surface area contributed by atoms with Crippen molar-refractivity contribution in [2.75, 3.05) is 0 Å². The maximum atomic E-state index is 2.40. The van der Waals surface area contributed by atoms with Gasteiger partial charge in [0.1, 0.15) is 0 Å². The van der Waals surface area contributed by atoms with Crippen LogP contribution in [0.5, 0.6) is 0 Å². The van der Waals surface area contributed by atoms with E-state index in [0.717, 1.165) is 17.8 Å². The van der Waals surface area contributed by atoms with Gasteiger partial charge in [-0.3, -0.25) is 0 Å². The number of allylic oxidation sites excluding steroid dienone is 6. The SMILES string of the molecule is CC(C)C1C=CC2=CC=CCC2C1. The Morgan fingerprint density at radius 2 is 2.23 bits per heavy atom. The zero-order valence-electron chi connectivity index (χ0n) is 8.53. The normalized spacial score (nSPS) is 31.8. The van der Waals surface area contributed by atoms with Gasteiger partial charge in [-0.25, -0.2) is 0 Å². The lowest BCUT2D eigenvalue weighted by atomic mass is 9.75. The molecule has 2 rings (SSSR count). The van der Waals surface area contributed by atoms with Gasteiger partial charge in [-0.1, -0.05) is 44.2 Å². The fourth-order valence-corrected chi connectivity index (χ4v) is 2.25. The van der Waals surface area contributed by atoms with E-state index >= 15 is 0 Å². The summed E-state index contributed by atoms with van der Waals surface area (Å²) in [7, 11) is 0. The fourth-order valence-electron chi connectivity index (χ4n) is 2.25. The van der Waals surface area contributed by atoms with Crippen LogP contribution in [0.15, 0.2) is 36.0 Å². The number of hydrogen-bond acceptors (Lipinski definition) is 0. The van der Waals surface area contributed by atoms with Crippen LogP contribution in [0.3, 0.4) is 0 Å². The van der Waals surface area contributed by atoms with Crippen LogP contribution in [-0.2, 0) is 0 Å². The molecule has 0 heterocycles. The average molecular weight is 174 g/mol. The molecule has 2 unspecified atom stereocenters. The Balaban J connectivity index is 2.15. The Kier molecular flexibility index (Phi) is 2.39. The van der Waals surface area contributed by atoms with Crippen molar-refractivity contribution in [1.82, 2.24) is 0 Å². The van der Waals surface area contributed by atoms with Crippen LogP contribution in [0, 0.1) is 17.8 Å². The van der Waals surface area contributed by atoms with Crippen LogP contribution in [0.25, 0.3) is 0 Å². The highest BCUT2D eigenvalue weighted by molar-refractivity contribution is 5.33. The Morgan fingerprint density at radius 1 is 1.38 bits per heavy atom. The molecule has 2 aliphatic carbocycles. The molecular formula is C13H18. The molecular weight excluding hydrogens is 156 g/mol. The minimum absolute atomic E-state index is 0.795. The van der Waals surface area contributed by atoms with Crippen molar-refractivity contribution >= 4 is 0 Å². The molecule has 0 aliphatic heterocycles. The van der Waals surface area contributed by atoms with Gasteiger partial charge in [-0.15, -0.1) is 0 Å². The Morgan fingerprint density at radius 3 is 3.00 bits per heavy atom. The van der Waals surface area contributed by atoms with E-state index in [-0.39, 0.29) is 0 Å². The molecule has 0 saturated carbocycles. The van der Waals surface area contributed by atoms with Gasteiger partial charge in [0.05, 0.1) is 0 Å². The number of rotatable bonds is 1. The van der Waals surface area contributed by atoms with Gasteiger partial charge >= 0.3 is 0 Å². The summed E-state index contributed by atoms with van der Waals surface area (Å²) in [5, 5.41) is 0. The van der Waals surface area contributed by atoms with Crippen LogP contribution >= 0.6 is 0 Å². The largest absolute Gasteiger partial charge is 0.0839 e. The van der Waals surface area contributed by atoms with E-state index in [2.05, 4.69) is 44.2 Å². The third-order valence-electron chi connectivity index (χ3n) is 3.27. The first-order valence-corrected chi connectivity index (χ1v) is 5.32. The third-order valence-corrected chi connectivity index (χ3v) is 3.27. The molecule has 13 heavy (non-hydrogen) atoms. The van der Waals surface area contributed by atoms with E-state index in [9.17, 15) is 0 Å². The van der Waals surface area contributed by atoms with Crippen molar-refractivity contribution in [2.45, 2.75) is 26.7 Å². The third kappa shape index (κ3) is 1.77. The van der Waals surface area contributed by atoms with E-state index < -0.39 is 0 Å². The van der Waals surface area contributed by atoms with Crippen molar-refractivity contribution in [3.8, 4) is 0 Å². The second-order valence-electron chi connectivity index (χ2n) is 4.53. The molecule has 2 aliphatic rings. The fraction of sp³-hybridized carbons (Fsp3) is 0.538. The summed E-state index contributed by atoms with van der Waals surface area (Å²) in [5.41, 5.74) is 1.54. The van der Waals surface area contributed by atoms with E-state index in [1.54, 1.807) is 5.57 Å². The van der Waals surface area contributed by atoms with E-state index in [1.165, 1.54) is 12.8 Å². The quantitative estimate of drug-likeness (QED) is 0.568. The summed E-state index contributed by atoms with van der Waals surface area (Å²) in [6.45, 7) is 4.64. The molecule has 0 aromatic carbocycles. The van der Waals surface area contributed by atoms with Crippen LogP contribution in [-0.4, -0.2) is 0 Å². The molecule has 0 aromatic rings. The van der Waals surface area contributed by atoms with Gasteiger partial charge in [-0.2, -0.15) is 0 Å². The summed E-state index contributed by atoms with van der Waals surface area (Å²) >= 11 is 0. The first-order valence-electron chi connectivity index (χ1n) is 5.32. The summed E-state index contributed by atoms with van der Waals surface area (Å²) in [6, 6.07) is 0. The lowest BCUT2D eigenvalue weighted by Crippen LogP contribution is -2.18. The van der Waals surface area contributed by atoms with Crippen molar-refractivity contribution < 1.29 is 0 Å². The Labute approximate surface area is 81.0 Å². The standard InChI is InChI=1S/C13H18/c1-10(2)12-8-7-11-5-3-4-6-13(11)9-12/h3-5,7-8,10,12-13H,6,9H2,1-2H3. The zero-order chi connectivity index (χ0) is 9.26. The molecule has 0 aromatic heterocycles. The monoisotopic (exact) mass is 174 g/mol. The molecule has 0 spiro atoms. The molecule has 0 N–H and O–H groups in total. The highest BCUT2D eigenvalue weighted by atomic mass is 14.3. The molecule has 0 bridgehead atoms. The van der Waals surface area contributed by atoms with Gasteiger partial charge in [0.2, 0.25) is 0 Å². The molecule has 0 heteroatoms. The van der Waals surface area contributed by atoms with E-state index in [0.29, 0.717) is 0 Å². The lowest BCUT2D eigenvalue weighted by Gasteiger charge is -2.29. The predicted octanol–water partition coefficient (Wildman–Crippen LogP) is 3.72. The molecule has 0 nitrogen and oxygen atoms in total. The van der Waals surface area contributed by atoms with Gasteiger partial charge in [0, 0.05) is 0 Å². The van der Waals surface area contributed by atoms with Crippen LogP contribution in [0.4, 0.5) is 0 Å². The lowest BCUT2D eigenvalue weighted by molar-refractivity contribution is 0.368. The minimum atomic E-state index is 0.795. The molecule has 0 saturated heterocycles. The Hall–Kier alpha value is -0.780. The number of hydrogen-bond donors (Lipinski definition) is 0. The van der Waals surface area contributed by atoms with Crippen LogP contribution in [0.1, 0.15) is 26.7 Å². The molecule has 0 radical (unpaired) electrons. The van der Waals surface area contributed by atoms with Gasteiger partial charge in [0.15, 0.2) is 0 Å². The molecule has 70 valence electrons. The first-order chi connectivity index (χ1) is 6.27. The molecule has 2 atom stereocenters. The van der Waals surface area contributed by atoms with Gasteiger partial charge in [-0.05, 0) is 36.2 Å². The van der Waals surface area contributed by atoms with Gasteiger partial charge in [0.25, 0.3) is 0 Å².